The third kappa shape index (κ3) is 4.62. The first kappa shape index (κ1) is 17.1. The van der Waals surface area contributed by atoms with E-state index in [-0.39, 0.29) is 11.0 Å². The van der Waals surface area contributed by atoms with Crippen LogP contribution in [0.1, 0.15) is 5.56 Å². The molecule has 0 aliphatic rings. The Morgan fingerprint density at radius 1 is 1.08 bits per heavy atom. The molecule has 0 atom stereocenters. The summed E-state index contributed by atoms with van der Waals surface area (Å²) in [5, 5.41) is 7.46. The Kier molecular flexibility index (Phi) is 5.38. The van der Waals surface area contributed by atoms with Gasteiger partial charge < -0.3 is 5.32 Å². The van der Waals surface area contributed by atoms with Crippen molar-refractivity contribution in [2.75, 3.05) is 5.32 Å². The number of carbonyl (C=O) groups is 1. The van der Waals surface area contributed by atoms with E-state index in [0.29, 0.717) is 5.02 Å². The highest BCUT2D eigenvalue weighted by molar-refractivity contribution is 7.80. The van der Waals surface area contributed by atoms with Crippen LogP contribution in [0.4, 0.5) is 5.69 Å². The van der Waals surface area contributed by atoms with E-state index in [0.717, 1.165) is 22.2 Å². The van der Waals surface area contributed by atoms with E-state index in [9.17, 15) is 4.79 Å². The van der Waals surface area contributed by atoms with Gasteiger partial charge in [0.2, 0.25) is 5.91 Å². The number of benzene rings is 2. The van der Waals surface area contributed by atoms with Crippen molar-refractivity contribution in [1.29, 1.82) is 0 Å². The lowest BCUT2D eigenvalue weighted by molar-refractivity contribution is -0.115. The fourth-order valence-electron chi connectivity index (χ4n) is 2.27. The van der Waals surface area contributed by atoms with Crippen LogP contribution in [-0.2, 0) is 4.79 Å². The summed E-state index contributed by atoms with van der Waals surface area (Å²) in [5.41, 5.74) is 2.51. The van der Waals surface area contributed by atoms with E-state index < -0.39 is 0 Å². The smallest absolute Gasteiger partial charge is 0.250 e. The summed E-state index contributed by atoms with van der Waals surface area (Å²) in [6, 6.07) is 16.6. The van der Waals surface area contributed by atoms with Crippen LogP contribution in [0.25, 0.3) is 17.0 Å². The van der Waals surface area contributed by atoms with Gasteiger partial charge in [0, 0.05) is 28.4 Å². The zero-order valence-electron chi connectivity index (χ0n) is 13.1. The molecule has 1 amide bonds. The molecule has 0 aliphatic carbocycles. The molecule has 0 fully saturated rings. The van der Waals surface area contributed by atoms with Gasteiger partial charge in [0.1, 0.15) is 0 Å². The zero-order valence-corrected chi connectivity index (χ0v) is 14.6. The molecule has 0 radical (unpaired) electrons. The first-order valence-corrected chi connectivity index (χ1v) is 8.30. The molecule has 3 aromatic rings. The first-order chi connectivity index (χ1) is 12.1. The molecule has 0 bridgehead atoms. The van der Waals surface area contributed by atoms with Crippen molar-refractivity contribution in [2.24, 2.45) is 0 Å². The first-order valence-electron chi connectivity index (χ1n) is 7.51. The predicted molar refractivity (Wildman–Crippen MR) is 107 cm³/mol. The van der Waals surface area contributed by atoms with Crippen LogP contribution in [0.2, 0.25) is 5.02 Å². The minimum Gasteiger partial charge on any atom is -0.332 e. The summed E-state index contributed by atoms with van der Waals surface area (Å²) < 4.78 is 0. The maximum atomic E-state index is 12.0. The van der Waals surface area contributed by atoms with Crippen LogP contribution < -0.4 is 10.6 Å². The van der Waals surface area contributed by atoms with Crippen molar-refractivity contribution in [3.63, 3.8) is 0 Å². The number of thiocarbonyl (C=S) groups is 1. The van der Waals surface area contributed by atoms with Gasteiger partial charge in [-0.05, 0) is 60.3 Å². The number of hydrogen-bond acceptors (Lipinski definition) is 3. The Morgan fingerprint density at radius 2 is 1.88 bits per heavy atom. The van der Waals surface area contributed by atoms with Gasteiger partial charge >= 0.3 is 0 Å². The third-order valence-corrected chi connectivity index (χ3v) is 3.88. The van der Waals surface area contributed by atoms with E-state index >= 15 is 0 Å². The Bertz CT molecular complexity index is 949. The number of hydrogen-bond donors (Lipinski definition) is 2. The minimum atomic E-state index is -0.314. The van der Waals surface area contributed by atoms with Crippen LogP contribution in [0, 0.1) is 0 Å². The van der Waals surface area contributed by atoms with Gasteiger partial charge in [-0.25, -0.2) is 0 Å². The summed E-state index contributed by atoms with van der Waals surface area (Å²) in [4.78, 5) is 16.3. The number of carbonyl (C=O) groups excluding carboxylic acids is 1. The Labute approximate surface area is 155 Å². The van der Waals surface area contributed by atoms with Crippen LogP contribution in [-0.4, -0.2) is 16.0 Å². The molecule has 2 N–H and O–H groups in total. The monoisotopic (exact) mass is 367 g/mol. The molecule has 25 heavy (non-hydrogen) atoms. The normalized spacial score (nSPS) is 10.8. The number of nitrogens with one attached hydrogen (secondary N) is 2. The average molecular weight is 368 g/mol. The molecule has 0 spiro atoms. The fraction of sp³-hybridized carbons (Fsp3) is 0. The molecular weight excluding hydrogens is 354 g/mol. The number of fused-ring (bicyclic) bond motifs is 1. The summed E-state index contributed by atoms with van der Waals surface area (Å²) in [5.74, 6) is -0.314. The molecule has 0 saturated heterocycles. The lowest BCUT2D eigenvalue weighted by atomic mass is 10.2. The number of pyridine rings is 1. The van der Waals surface area contributed by atoms with Crippen LogP contribution in [0.3, 0.4) is 0 Å². The van der Waals surface area contributed by atoms with Gasteiger partial charge in [0.05, 0.1) is 5.52 Å². The highest BCUT2D eigenvalue weighted by atomic mass is 35.5. The summed E-state index contributed by atoms with van der Waals surface area (Å²) in [6.45, 7) is 0. The molecule has 1 aromatic heterocycles. The molecule has 3 rings (SSSR count). The second kappa shape index (κ2) is 7.88. The highest BCUT2D eigenvalue weighted by Crippen LogP contribution is 2.21. The van der Waals surface area contributed by atoms with Crippen LogP contribution >= 0.6 is 23.8 Å². The van der Waals surface area contributed by atoms with E-state index in [1.165, 1.54) is 6.08 Å². The van der Waals surface area contributed by atoms with E-state index in [4.69, 9.17) is 23.8 Å². The summed E-state index contributed by atoms with van der Waals surface area (Å²) in [6.07, 6.45) is 4.84. The molecule has 6 heteroatoms. The van der Waals surface area contributed by atoms with Gasteiger partial charge in [0.25, 0.3) is 0 Å². The molecule has 0 aliphatic heterocycles. The SMILES string of the molecule is O=C(C=Cc1ccc(Cl)cc1)NC(=S)Nc1cccc2ncccc12. The second-order valence-electron chi connectivity index (χ2n) is 5.20. The van der Waals surface area contributed by atoms with Gasteiger partial charge in [-0.1, -0.05) is 29.8 Å². The molecule has 4 nitrogen and oxygen atoms in total. The van der Waals surface area contributed by atoms with Crippen molar-refractivity contribution in [1.82, 2.24) is 10.3 Å². The molecule has 2 aromatic carbocycles. The maximum Gasteiger partial charge on any atom is 0.250 e. The number of rotatable bonds is 3. The third-order valence-electron chi connectivity index (χ3n) is 3.43. The van der Waals surface area contributed by atoms with Gasteiger partial charge in [-0.3, -0.25) is 15.1 Å². The largest absolute Gasteiger partial charge is 0.332 e. The minimum absolute atomic E-state index is 0.224. The lowest BCUT2D eigenvalue weighted by Gasteiger charge is -2.10. The van der Waals surface area contributed by atoms with Crippen LogP contribution in [0.5, 0.6) is 0 Å². The number of anilines is 1. The Hall–Kier alpha value is -2.76. The van der Waals surface area contributed by atoms with E-state index in [1.54, 1.807) is 24.4 Å². The standard InChI is InChI=1S/C19H14ClN3OS/c20-14-9-6-13(7-10-14)8-11-18(24)23-19(25)22-17-5-1-4-16-15(17)3-2-12-21-16/h1-12H,(H2,22,23,24,25). The maximum absolute atomic E-state index is 12.0. The predicted octanol–water partition coefficient (Wildman–Crippen LogP) is 4.41. The van der Waals surface area contributed by atoms with Gasteiger partial charge in [0.15, 0.2) is 5.11 Å². The molecule has 0 saturated carbocycles. The quantitative estimate of drug-likeness (QED) is 0.531. The number of amides is 1. The molecule has 1 heterocycles. The van der Waals surface area contributed by atoms with Crippen LogP contribution in [0.15, 0.2) is 66.9 Å². The Morgan fingerprint density at radius 3 is 2.68 bits per heavy atom. The number of nitrogens with zero attached hydrogens (tertiary/aromatic N) is 1. The molecular formula is C19H14ClN3OS. The second-order valence-corrected chi connectivity index (χ2v) is 6.05. The molecule has 0 unspecified atom stereocenters. The zero-order chi connectivity index (χ0) is 17.6. The topological polar surface area (TPSA) is 54.0 Å². The summed E-state index contributed by atoms with van der Waals surface area (Å²) >= 11 is 11.0. The molecule has 124 valence electrons. The van der Waals surface area contributed by atoms with Crippen molar-refractivity contribution >= 4 is 57.5 Å². The van der Waals surface area contributed by atoms with E-state index in [2.05, 4.69) is 15.6 Å². The van der Waals surface area contributed by atoms with Crippen molar-refractivity contribution < 1.29 is 4.79 Å². The van der Waals surface area contributed by atoms with Gasteiger partial charge in [-0.15, -0.1) is 0 Å². The van der Waals surface area contributed by atoms with E-state index in [1.807, 2.05) is 42.5 Å². The van der Waals surface area contributed by atoms with Crippen molar-refractivity contribution in [3.8, 4) is 0 Å². The average Bonchev–Trinajstić information content (AvgIpc) is 2.61. The summed E-state index contributed by atoms with van der Waals surface area (Å²) in [7, 11) is 0. The number of halogens is 1. The fourth-order valence-corrected chi connectivity index (χ4v) is 2.60. The van der Waals surface area contributed by atoms with Crippen molar-refractivity contribution in [2.45, 2.75) is 0 Å². The Balaban J connectivity index is 1.63. The highest BCUT2D eigenvalue weighted by Gasteiger charge is 2.05. The lowest BCUT2D eigenvalue weighted by Crippen LogP contribution is -2.32. The van der Waals surface area contributed by atoms with Crippen molar-refractivity contribution in [3.05, 3.63) is 77.5 Å². The van der Waals surface area contributed by atoms with Gasteiger partial charge in [-0.2, -0.15) is 0 Å². The number of aromatic nitrogens is 1.